The lowest BCUT2D eigenvalue weighted by Gasteiger charge is -2.29. The molecule has 0 aliphatic carbocycles. The Morgan fingerprint density at radius 3 is 2.69 bits per heavy atom. The fraction of sp³-hybridized carbons (Fsp3) is 0.500. The van der Waals surface area contributed by atoms with E-state index in [1.54, 1.807) is 0 Å². The van der Waals surface area contributed by atoms with Crippen molar-refractivity contribution in [1.82, 2.24) is 4.90 Å². The number of carbonyl (C=O) groups excluding carboxylic acids is 1. The van der Waals surface area contributed by atoms with Crippen LogP contribution in [0.3, 0.4) is 0 Å². The van der Waals surface area contributed by atoms with Gasteiger partial charge in [-0.1, -0.05) is 12.2 Å². The highest BCUT2D eigenvalue weighted by Crippen LogP contribution is 2.17. The maximum Gasteiger partial charge on any atom is 0.224 e. The van der Waals surface area contributed by atoms with E-state index in [0.29, 0.717) is 6.54 Å². The van der Waals surface area contributed by atoms with Crippen molar-refractivity contribution in [3.63, 3.8) is 0 Å². The molecule has 1 heterocycles. The fourth-order valence-electron chi connectivity index (χ4n) is 1.21. The fourth-order valence-corrected chi connectivity index (χ4v) is 1.21. The van der Waals surface area contributed by atoms with Gasteiger partial charge >= 0.3 is 0 Å². The SMILES string of the molecule is CC(C)(CN1C=CC=CC1)C(N)=O. The van der Waals surface area contributed by atoms with Gasteiger partial charge in [0.05, 0.1) is 5.41 Å². The molecule has 0 aromatic carbocycles. The molecule has 72 valence electrons. The molecule has 1 amide bonds. The Morgan fingerprint density at radius 1 is 1.54 bits per heavy atom. The van der Waals surface area contributed by atoms with E-state index in [1.165, 1.54) is 0 Å². The summed E-state index contributed by atoms with van der Waals surface area (Å²) < 4.78 is 0. The molecule has 0 saturated heterocycles. The van der Waals surface area contributed by atoms with Crippen LogP contribution < -0.4 is 5.73 Å². The smallest absolute Gasteiger partial charge is 0.224 e. The Balaban J connectivity index is 2.53. The van der Waals surface area contributed by atoms with E-state index in [1.807, 2.05) is 32.2 Å². The molecule has 2 N–H and O–H groups in total. The Bertz CT molecular complexity index is 254. The summed E-state index contributed by atoms with van der Waals surface area (Å²) in [7, 11) is 0. The van der Waals surface area contributed by atoms with E-state index in [0.717, 1.165) is 6.54 Å². The van der Waals surface area contributed by atoms with Crippen LogP contribution in [0.2, 0.25) is 0 Å². The van der Waals surface area contributed by atoms with Gasteiger partial charge in [-0.05, 0) is 26.1 Å². The Kier molecular flexibility index (Phi) is 2.76. The summed E-state index contributed by atoms with van der Waals surface area (Å²) in [6, 6.07) is 0. The summed E-state index contributed by atoms with van der Waals surface area (Å²) in [5.74, 6) is -0.254. The zero-order valence-corrected chi connectivity index (χ0v) is 8.16. The lowest BCUT2D eigenvalue weighted by Crippen LogP contribution is -2.41. The maximum absolute atomic E-state index is 11.0. The van der Waals surface area contributed by atoms with E-state index >= 15 is 0 Å². The molecule has 1 aliphatic rings. The van der Waals surface area contributed by atoms with E-state index in [-0.39, 0.29) is 5.91 Å². The molecule has 0 unspecified atom stereocenters. The normalized spacial score (nSPS) is 16.3. The zero-order valence-electron chi connectivity index (χ0n) is 8.16. The molecule has 1 aliphatic heterocycles. The van der Waals surface area contributed by atoms with Crippen LogP contribution in [-0.4, -0.2) is 23.9 Å². The van der Waals surface area contributed by atoms with E-state index in [9.17, 15) is 4.79 Å². The van der Waals surface area contributed by atoms with Gasteiger partial charge in [-0.25, -0.2) is 0 Å². The lowest BCUT2D eigenvalue weighted by atomic mass is 9.92. The second-order valence-electron chi connectivity index (χ2n) is 3.95. The first kappa shape index (κ1) is 9.84. The van der Waals surface area contributed by atoms with E-state index < -0.39 is 5.41 Å². The number of rotatable bonds is 3. The van der Waals surface area contributed by atoms with Gasteiger partial charge in [-0.3, -0.25) is 4.79 Å². The first-order valence-electron chi connectivity index (χ1n) is 4.40. The molecule has 1 rings (SSSR count). The number of amides is 1. The van der Waals surface area contributed by atoms with Crippen molar-refractivity contribution >= 4 is 5.91 Å². The van der Waals surface area contributed by atoms with Gasteiger partial charge in [-0.2, -0.15) is 0 Å². The van der Waals surface area contributed by atoms with Crippen LogP contribution >= 0.6 is 0 Å². The number of carbonyl (C=O) groups is 1. The van der Waals surface area contributed by atoms with Crippen LogP contribution in [0.5, 0.6) is 0 Å². The van der Waals surface area contributed by atoms with Gasteiger partial charge in [0.1, 0.15) is 0 Å². The molecule has 0 atom stereocenters. The summed E-state index contributed by atoms with van der Waals surface area (Å²) in [6.45, 7) is 5.25. The van der Waals surface area contributed by atoms with E-state index in [4.69, 9.17) is 5.73 Å². The van der Waals surface area contributed by atoms with Crippen molar-refractivity contribution in [2.24, 2.45) is 11.1 Å². The molecule has 0 saturated carbocycles. The molecule has 0 fully saturated rings. The highest BCUT2D eigenvalue weighted by Gasteiger charge is 2.26. The number of hydrogen-bond acceptors (Lipinski definition) is 2. The summed E-state index contributed by atoms with van der Waals surface area (Å²) in [5.41, 5.74) is 4.82. The van der Waals surface area contributed by atoms with Gasteiger partial charge in [-0.15, -0.1) is 0 Å². The summed E-state index contributed by atoms with van der Waals surface area (Å²) in [4.78, 5) is 13.1. The third-order valence-electron chi connectivity index (χ3n) is 2.15. The summed E-state index contributed by atoms with van der Waals surface area (Å²) in [6.07, 6.45) is 7.98. The summed E-state index contributed by atoms with van der Waals surface area (Å²) >= 11 is 0. The Morgan fingerprint density at radius 2 is 2.23 bits per heavy atom. The van der Waals surface area contributed by atoms with Crippen LogP contribution in [0.1, 0.15) is 13.8 Å². The largest absolute Gasteiger partial charge is 0.373 e. The topological polar surface area (TPSA) is 46.3 Å². The third kappa shape index (κ3) is 2.61. The minimum absolute atomic E-state index is 0.254. The first-order chi connectivity index (χ1) is 6.02. The molecule has 0 spiro atoms. The van der Waals surface area contributed by atoms with Crippen molar-refractivity contribution in [1.29, 1.82) is 0 Å². The van der Waals surface area contributed by atoms with Crippen LogP contribution in [0.15, 0.2) is 24.4 Å². The second-order valence-corrected chi connectivity index (χ2v) is 3.95. The molecule has 0 aromatic rings. The molecular formula is C10H16N2O. The highest BCUT2D eigenvalue weighted by atomic mass is 16.1. The van der Waals surface area contributed by atoms with Crippen molar-refractivity contribution in [3.05, 3.63) is 24.4 Å². The standard InChI is InChI=1S/C10H16N2O/c1-10(2,9(11)13)8-12-6-4-3-5-7-12/h3-6H,7-8H2,1-2H3,(H2,11,13). The third-order valence-corrected chi connectivity index (χ3v) is 2.15. The average molecular weight is 180 g/mol. The number of nitrogens with zero attached hydrogens (tertiary/aromatic N) is 1. The van der Waals surface area contributed by atoms with Crippen LogP contribution in [-0.2, 0) is 4.79 Å². The Hall–Kier alpha value is -1.25. The first-order valence-corrected chi connectivity index (χ1v) is 4.40. The van der Waals surface area contributed by atoms with Crippen LogP contribution in [0, 0.1) is 5.41 Å². The second kappa shape index (κ2) is 3.64. The molecule has 3 heteroatoms. The van der Waals surface area contributed by atoms with Crippen molar-refractivity contribution in [2.45, 2.75) is 13.8 Å². The van der Waals surface area contributed by atoms with Crippen molar-refractivity contribution in [3.8, 4) is 0 Å². The zero-order chi connectivity index (χ0) is 9.90. The number of allylic oxidation sites excluding steroid dienone is 2. The average Bonchev–Trinajstić information content (AvgIpc) is 2.05. The van der Waals surface area contributed by atoms with Crippen LogP contribution in [0.4, 0.5) is 0 Å². The molecule has 0 radical (unpaired) electrons. The summed E-state index contributed by atoms with van der Waals surface area (Å²) in [5, 5.41) is 0. The van der Waals surface area contributed by atoms with Crippen LogP contribution in [0.25, 0.3) is 0 Å². The quantitative estimate of drug-likeness (QED) is 0.701. The molecule has 13 heavy (non-hydrogen) atoms. The van der Waals surface area contributed by atoms with Crippen molar-refractivity contribution in [2.75, 3.05) is 13.1 Å². The predicted molar refractivity (Wildman–Crippen MR) is 52.8 cm³/mol. The monoisotopic (exact) mass is 180 g/mol. The van der Waals surface area contributed by atoms with Gasteiger partial charge < -0.3 is 10.6 Å². The van der Waals surface area contributed by atoms with Gasteiger partial charge in [0.15, 0.2) is 0 Å². The molecule has 3 nitrogen and oxygen atoms in total. The number of nitrogens with two attached hydrogens (primary N) is 1. The number of hydrogen-bond donors (Lipinski definition) is 1. The minimum Gasteiger partial charge on any atom is -0.373 e. The van der Waals surface area contributed by atoms with Crippen molar-refractivity contribution < 1.29 is 4.79 Å². The number of primary amides is 1. The minimum atomic E-state index is -0.463. The predicted octanol–water partition coefficient (Wildman–Crippen LogP) is 0.883. The molecular weight excluding hydrogens is 164 g/mol. The van der Waals surface area contributed by atoms with Gasteiger partial charge in [0.2, 0.25) is 5.91 Å². The highest BCUT2D eigenvalue weighted by molar-refractivity contribution is 5.80. The van der Waals surface area contributed by atoms with E-state index in [2.05, 4.69) is 11.0 Å². The maximum atomic E-state index is 11.0. The van der Waals surface area contributed by atoms with Gasteiger partial charge in [0, 0.05) is 13.1 Å². The molecule has 0 bridgehead atoms. The Labute approximate surface area is 78.9 Å². The molecule has 0 aromatic heterocycles. The lowest BCUT2D eigenvalue weighted by molar-refractivity contribution is -0.126. The van der Waals surface area contributed by atoms with Gasteiger partial charge in [0.25, 0.3) is 0 Å².